The van der Waals surface area contributed by atoms with E-state index in [2.05, 4.69) is 20.4 Å². The summed E-state index contributed by atoms with van der Waals surface area (Å²) in [5.74, 6) is -4.86. The number of hydrogen-bond donors (Lipinski definition) is 3. The SMILES string of the molecule is C=C1C(=O)C23C(O)C1CC(O)C2C12CCCC(C)(C)C1C(OC(C)=O)C3(O)OC2. The second-order valence-electron chi connectivity index (χ2n) is 10.6. The van der Waals surface area contributed by atoms with Crippen molar-refractivity contribution < 1.29 is 34.4 Å². The molecule has 9 atom stereocenters. The molecule has 6 fully saturated rings. The summed E-state index contributed by atoms with van der Waals surface area (Å²) in [4.78, 5) is 25.7. The molecule has 0 aromatic carbocycles. The molecule has 7 nitrogen and oxygen atoms in total. The third kappa shape index (κ3) is 1.90. The maximum Gasteiger partial charge on any atom is 0.303 e. The van der Waals surface area contributed by atoms with Crippen LogP contribution in [0.2, 0.25) is 0 Å². The Balaban J connectivity index is 1.82. The third-order valence-electron chi connectivity index (χ3n) is 9.01. The Hall–Kier alpha value is -1.28. The number of ether oxygens (including phenoxy) is 2. The molecule has 4 saturated carbocycles. The van der Waals surface area contributed by atoms with Crippen molar-refractivity contribution in [2.75, 3.05) is 6.61 Å². The second kappa shape index (κ2) is 5.49. The number of carbonyl (C=O) groups is 2. The Kier molecular flexibility index (Phi) is 3.73. The van der Waals surface area contributed by atoms with Gasteiger partial charge in [-0.3, -0.25) is 9.59 Å². The first-order valence-electron chi connectivity index (χ1n) is 10.6. The van der Waals surface area contributed by atoms with Crippen LogP contribution in [0, 0.1) is 34.0 Å². The lowest BCUT2D eigenvalue weighted by molar-refractivity contribution is -0.455. The van der Waals surface area contributed by atoms with Gasteiger partial charge in [0.05, 0.1) is 18.8 Å². The summed E-state index contributed by atoms with van der Waals surface area (Å²) >= 11 is 0. The van der Waals surface area contributed by atoms with Crippen LogP contribution in [0.5, 0.6) is 0 Å². The minimum Gasteiger partial charge on any atom is -0.456 e. The molecule has 7 heteroatoms. The number of carbonyl (C=O) groups excluding carboxylic acids is 2. The highest BCUT2D eigenvalue weighted by molar-refractivity contribution is 6.05. The topological polar surface area (TPSA) is 113 Å². The van der Waals surface area contributed by atoms with E-state index in [0.717, 1.165) is 12.8 Å². The predicted octanol–water partition coefficient (Wildman–Crippen LogP) is 0.946. The summed E-state index contributed by atoms with van der Waals surface area (Å²) in [7, 11) is 0. The lowest BCUT2D eigenvalue weighted by Gasteiger charge is -2.74. The van der Waals surface area contributed by atoms with Crippen LogP contribution < -0.4 is 0 Å². The van der Waals surface area contributed by atoms with Crippen LogP contribution >= 0.6 is 0 Å². The van der Waals surface area contributed by atoms with Gasteiger partial charge in [-0.25, -0.2) is 0 Å². The average molecular weight is 406 g/mol. The van der Waals surface area contributed by atoms with E-state index in [9.17, 15) is 24.9 Å². The zero-order chi connectivity index (χ0) is 21.1. The molecule has 3 N–H and O–H groups in total. The molecule has 0 aromatic rings. The number of fused-ring (bicyclic) bond motifs is 2. The molecule has 2 heterocycles. The minimum atomic E-state index is -2.21. The van der Waals surface area contributed by atoms with Crippen molar-refractivity contribution in [1.29, 1.82) is 0 Å². The van der Waals surface area contributed by atoms with Crippen LogP contribution in [0.4, 0.5) is 0 Å². The van der Waals surface area contributed by atoms with E-state index in [1.807, 2.05) is 0 Å². The summed E-state index contributed by atoms with van der Waals surface area (Å²) in [6.07, 6.45) is -0.563. The Morgan fingerprint density at radius 3 is 2.59 bits per heavy atom. The Labute approximate surface area is 170 Å². The van der Waals surface area contributed by atoms with Gasteiger partial charge in [-0.2, -0.15) is 0 Å². The van der Waals surface area contributed by atoms with Crippen molar-refractivity contribution in [3.8, 4) is 0 Å². The fraction of sp³-hybridized carbons (Fsp3) is 0.818. The lowest BCUT2D eigenvalue weighted by atomic mass is 9.36. The molecule has 2 aliphatic heterocycles. The molecule has 2 spiro atoms. The van der Waals surface area contributed by atoms with Gasteiger partial charge in [-0.15, -0.1) is 0 Å². The smallest absolute Gasteiger partial charge is 0.303 e. The van der Waals surface area contributed by atoms with E-state index >= 15 is 0 Å². The fourth-order valence-electron chi connectivity index (χ4n) is 8.31. The average Bonchev–Trinajstić information content (AvgIpc) is 2.73. The van der Waals surface area contributed by atoms with E-state index in [0.29, 0.717) is 6.42 Å². The number of rotatable bonds is 1. The van der Waals surface area contributed by atoms with Crippen LogP contribution in [0.25, 0.3) is 0 Å². The number of Topliss-reactive ketones (excluding diaryl/α,β-unsaturated/α-hetero) is 1. The highest BCUT2D eigenvalue weighted by Gasteiger charge is 2.88. The number of ketones is 1. The normalized spacial score (nSPS) is 54.7. The van der Waals surface area contributed by atoms with Crippen molar-refractivity contribution in [1.82, 2.24) is 0 Å². The second-order valence-corrected chi connectivity index (χ2v) is 10.6. The number of aliphatic hydroxyl groups excluding tert-OH is 2. The van der Waals surface area contributed by atoms with E-state index in [-0.39, 0.29) is 29.9 Å². The van der Waals surface area contributed by atoms with Crippen LogP contribution in [0.1, 0.15) is 46.5 Å². The maximum atomic E-state index is 13.6. The molecule has 9 unspecified atom stereocenters. The lowest BCUT2D eigenvalue weighted by Crippen LogP contribution is -2.85. The van der Waals surface area contributed by atoms with Gasteiger partial charge in [0.25, 0.3) is 0 Å². The highest BCUT2D eigenvalue weighted by Crippen LogP contribution is 2.76. The zero-order valence-corrected chi connectivity index (χ0v) is 17.2. The van der Waals surface area contributed by atoms with Gasteiger partial charge in [0.2, 0.25) is 5.79 Å². The fourth-order valence-corrected chi connectivity index (χ4v) is 8.31. The van der Waals surface area contributed by atoms with Crippen molar-refractivity contribution in [2.24, 2.45) is 34.0 Å². The van der Waals surface area contributed by atoms with Crippen LogP contribution in [-0.2, 0) is 19.1 Å². The summed E-state index contributed by atoms with van der Waals surface area (Å²) < 4.78 is 11.7. The summed E-state index contributed by atoms with van der Waals surface area (Å²) in [6, 6.07) is 0. The Bertz CT molecular complexity index is 820. The largest absolute Gasteiger partial charge is 0.456 e. The van der Waals surface area contributed by atoms with Gasteiger partial charge in [-0.1, -0.05) is 26.8 Å². The first kappa shape index (κ1) is 19.7. The molecule has 4 bridgehead atoms. The first-order valence-corrected chi connectivity index (χ1v) is 10.6. The van der Waals surface area contributed by atoms with Crippen molar-refractivity contribution in [2.45, 2.75) is 70.6 Å². The van der Waals surface area contributed by atoms with Gasteiger partial charge < -0.3 is 24.8 Å². The molecular weight excluding hydrogens is 376 g/mol. The van der Waals surface area contributed by atoms with Crippen LogP contribution in [0.15, 0.2) is 12.2 Å². The van der Waals surface area contributed by atoms with Crippen molar-refractivity contribution >= 4 is 11.8 Å². The third-order valence-corrected chi connectivity index (χ3v) is 9.01. The first-order chi connectivity index (χ1) is 13.4. The molecule has 6 aliphatic rings. The van der Waals surface area contributed by atoms with Crippen LogP contribution in [-0.4, -0.2) is 57.8 Å². The number of hydrogen-bond acceptors (Lipinski definition) is 7. The molecule has 160 valence electrons. The molecule has 0 aromatic heterocycles. The molecular formula is C22H30O7. The molecule has 4 aliphatic carbocycles. The quantitative estimate of drug-likeness (QED) is 0.439. The summed E-state index contributed by atoms with van der Waals surface area (Å²) in [6.45, 7) is 9.48. The van der Waals surface area contributed by atoms with E-state index in [4.69, 9.17) is 9.47 Å². The van der Waals surface area contributed by atoms with Gasteiger partial charge in [-0.05, 0) is 30.3 Å². The standard InChI is InChI=1S/C22H30O7/c1-10-12-8-13(24)14-20-7-5-6-19(3,4)15(20)18(29-11(2)23)22(27,28-9-20)21(14,16(10)25)17(12)26/h12-15,17-18,24,26-27H,1,5-9H2,2-4H3. The highest BCUT2D eigenvalue weighted by atomic mass is 16.7. The Morgan fingerprint density at radius 2 is 1.93 bits per heavy atom. The predicted molar refractivity (Wildman–Crippen MR) is 100 cm³/mol. The van der Waals surface area contributed by atoms with Gasteiger partial charge in [0.1, 0.15) is 5.41 Å². The van der Waals surface area contributed by atoms with E-state index < -0.39 is 58.5 Å². The van der Waals surface area contributed by atoms with Gasteiger partial charge >= 0.3 is 5.97 Å². The summed E-state index contributed by atoms with van der Waals surface area (Å²) in [5, 5.41) is 34.6. The maximum absolute atomic E-state index is 13.6. The number of aliphatic hydroxyl groups is 3. The molecule has 0 amide bonds. The zero-order valence-electron chi connectivity index (χ0n) is 17.2. The number of esters is 1. The Morgan fingerprint density at radius 1 is 1.24 bits per heavy atom. The van der Waals surface area contributed by atoms with Crippen LogP contribution in [0.3, 0.4) is 0 Å². The van der Waals surface area contributed by atoms with Crippen molar-refractivity contribution in [3.05, 3.63) is 12.2 Å². The minimum absolute atomic E-state index is 0.163. The summed E-state index contributed by atoms with van der Waals surface area (Å²) in [5.41, 5.74) is -2.54. The molecule has 29 heavy (non-hydrogen) atoms. The van der Waals surface area contributed by atoms with Gasteiger partial charge in [0.15, 0.2) is 11.9 Å². The van der Waals surface area contributed by atoms with Crippen molar-refractivity contribution in [3.63, 3.8) is 0 Å². The molecule has 0 radical (unpaired) electrons. The molecule has 6 rings (SSSR count). The van der Waals surface area contributed by atoms with E-state index in [1.165, 1.54) is 6.92 Å². The molecule has 2 saturated heterocycles. The van der Waals surface area contributed by atoms with E-state index in [1.54, 1.807) is 0 Å². The monoisotopic (exact) mass is 406 g/mol. The van der Waals surface area contributed by atoms with Gasteiger partial charge in [0, 0.05) is 30.1 Å².